The van der Waals surface area contributed by atoms with Crippen LogP contribution in [0.1, 0.15) is 226 Å². The van der Waals surface area contributed by atoms with Crippen molar-refractivity contribution in [3.63, 3.8) is 0 Å². The molecule has 334 valence electrons. The van der Waals surface area contributed by atoms with Crippen molar-refractivity contribution in [3.05, 3.63) is 0 Å². The van der Waals surface area contributed by atoms with Gasteiger partial charge in [0.1, 0.15) is 0 Å². The molecule has 0 aliphatic carbocycles. The number of carbonyl (C=O) groups is 2. The number of carboxylic acids is 1. The highest BCUT2D eigenvalue weighted by atomic mass is 16.5. The predicted molar refractivity (Wildman–Crippen MR) is 237 cm³/mol. The Morgan fingerprint density at radius 3 is 1.25 bits per heavy atom. The monoisotopic (exact) mass is 797 g/mol. The van der Waals surface area contributed by atoms with E-state index in [1.165, 1.54) is 109 Å². The summed E-state index contributed by atoms with van der Waals surface area (Å²) in [5, 5.41) is 29.7. The lowest BCUT2D eigenvalue weighted by Crippen LogP contribution is -2.38. The molecule has 3 N–H and O–H groups in total. The Kier molecular flexibility index (Phi) is 42.4. The topological polar surface area (TPSA) is 111 Å². The van der Waals surface area contributed by atoms with Crippen LogP contribution in [0.3, 0.4) is 0 Å². The number of aliphatic hydroxyl groups excluding tert-OH is 2. The second-order valence-corrected chi connectivity index (χ2v) is 17.0. The van der Waals surface area contributed by atoms with Gasteiger partial charge in [0, 0.05) is 32.6 Å². The Labute approximate surface area is 347 Å². The highest BCUT2D eigenvalue weighted by molar-refractivity contribution is 5.70. The Balaban J connectivity index is 4.41. The maximum absolute atomic E-state index is 12.5. The number of ether oxygens (including phenoxy) is 1. The molecule has 1 atom stereocenters. The van der Waals surface area contributed by atoms with Crippen LogP contribution in [0.5, 0.6) is 0 Å². The number of carboxylic acid groups (broad SMARTS) is 1. The van der Waals surface area contributed by atoms with Crippen molar-refractivity contribution in [2.24, 2.45) is 11.8 Å². The third-order valence-corrected chi connectivity index (χ3v) is 11.9. The van der Waals surface area contributed by atoms with Gasteiger partial charge in [-0.1, -0.05) is 175 Å². The number of carbonyl (C=O) groups excluding carboxylic acids is 1. The zero-order valence-corrected chi connectivity index (χ0v) is 37.6. The number of esters is 1. The van der Waals surface area contributed by atoms with Crippen molar-refractivity contribution in [2.75, 3.05) is 59.1 Å². The Morgan fingerprint density at radius 1 is 0.446 bits per heavy atom. The average Bonchev–Trinajstić information content (AvgIpc) is 3.18. The number of hydrogen-bond acceptors (Lipinski definition) is 7. The summed E-state index contributed by atoms with van der Waals surface area (Å²) in [6.45, 7) is 12.6. The number of aliphatic hydroxyl groups is 2. The van der Waals surface area contributed by atoms with Gasteiger partial charge in [-0.15, -0.1) is 0 Å². The molecule has 0 rings (SSSR count). The van der Waals surface area contributed by atoms with E-state index >= 15 is 0 Å². The number of hydrogen-bond donors (Lipinski definition) is 3. The van der Waals surface area contributed by atoms with E-state index in [9.17, 15) is 24.9 Å². The largest absolute Gasteiger partial charge is 0.481 e. The molecule has 1 unspecified atom stereocenters. The van der Waals surface area contributed by atoms with Gasteiger partial charge in [-0.05, 0) is 64.0 Å². The van der Waals surface area contributed by atoms with Gasteiger partial charge in [-0.3, -0.25) is 19.4 Å². The standard InChI is InChI=1S/C48H96N2O6/c1-4-7-10-13-16-24-31-44-56-47(53)35-28-20-17-22-29-36-49(40-42-51)38-39-50(41-43-52)37-30-23-21-27-34-46(48(54)55)45(32-25-18-14-11-8-5-2)33-26-19-15-12-9-6-3/h45-46,51-52H,4-44H2,1-3H3,(H,54,55). The van der Waals surface area contributed by atoms with Gasteiger partial charge in [0.2, 0.25) is 0 Å². The molecule has 0 saturated carbocycles. The van der Waals surface area contributed by atoms with Gasteiger partial charge in [0.15, 0.2) is 0 Å². The van der Waals surface area contributed by atoms with Gasteiger partial charge in [0.05, 0.1) is 25.7 Å². The summed E-state index contributed by atoms with van der Waals surface area (Å²) in [4.78, 5) is 29.2. The van der Waals surface area contributed by atoms with E-state index in [2.05, 4.69) is 30.6 Å². The molecular weight excluding hydrogens is 701 g/mol. The molecule has 0 aliphatic heterocycles. The molecule has 0 spiro atoms. The van der Waals surface area contributed by atoms with Crippen LogP contribution in [-0.4, -0.2) is 96.1 Å². The summed E-state index contributed by atoms with van der Waals surface area (Å²) in [6.07, 6.45) is 36.6. The zero-order valence-electron chi connectivity index (χ0n) is 37.6. The van der Waals surface area contributed by atoms with Crippen molar-refractivity contribution in [3.8, 4) is 0 Å². The SMILES string of the molecule is CCCCCCCCCOC(=O)CCCCCCCN(CCO)CCN(CCO)CCCCCCC(C(=O)O)C(CCCCCCCC)CCCCCCCC. The molecule has 0 aromatic carbocycles. The van der Waals surface area contributed by atoms with E-state index in [-0.39, 0.29) is 25.1 Å². The molecule has 8 heteroatoms. The van der Waals surface area contributed by atoms with E-state index in [1.807, 2.05) is 0 Å². The minimum atomic E-state index is -0.584. The first-order chi connectivity index (χ1) is 27.4. The Morgan fingerprint density at radius 2 is 0.821 bits per heavy atom. The molecule has 0 heterocycles. The van der Waals surface area contributed by atoms with Crippen LogP contribution in [0.15, 0.2) is 0 Å². The molecule has 0 fully saturated rings. The quantitative estimate of drug-likeness (QED) is 0.0413. The average molecular weight is 797 g/mol. The molecule has 0 bridgehead atoms. The molecule has 0 aliphatic rings. The summed E-state index contributed by atoms with van der Waals surface area (Å²) in [5.41, 5.74) is 0. The van der Waals surface area contributed by atoms with Crippen molar-refractivity contribution < 1.29 is 29.6 Å². The number of aliphatic carboxylic acids is 1. The summed E-state index contributed by atoms with van der Waals surface area (Å²) < 4.78 is 5.42. The molecule has 0 radical (unpaired) electrons. The summed E-state index contributed by atoms with van der Waals surface area (Å²) in [7, 11) is 0. The first kappa shape index (κ1) is 54.8. The minimum absolute atomic E-state index is 0.0503. The van der Waals surface area contributed by atoms with Crippen LogP contribution in [0.4, 0.5) is 0 Å². The highest BCUT2D eigenvalue weighted by Crippen LogP contribution is 2.30. The Bertz CT molecular complexity index is 813. The van der Waals surface area contributed by atoms with Gasteiger partial charge in [0.25, 0.3) is 0 Å². The van der Waals surface area contributed by atoms with Crippen LogP contribution < -0.4 is 0 Å². The minimum Gasteiger partial charge on any atom is -0.481 e. The van der Waals surface area contributed by atoms with Crippen molar-refractivity contribution in [1.29, 1.82) is 0 Å². The van der Waals surface area contributed by atoms with E-state index in [1.54, 1.807) is 0 Å². The van der Waals surface area contributed by atoms with Crippen LogP contribution in [0, 0.1) is 11.8 Å². The van der Waals surface area contributed by atoms with Crippen molar-refractivity contribution >= 4 is 11.9 Å². The summed E-state index contributed by atoms with van der Waals surface area (Å²) >= 11 is 0. The predicted octanol–water partition coefficient (Wildman–Crippen LogP) is 12.0. The fraction of sp³-hybridized carbons (Fsp3) is 0.958. The maximum atomic E-state index is 12.5. The maximum Gasteiger partial charge on any atom is 0.306 e. The van der Waals surface area contributed by atoms with Gasteiger partial charge >= 0.3 is 11.9 Å². The van der Waals surface area contributed by atoms with E-state index < -0.39 is 5.97 Å². The number of nitrogens with zero attached hydrogens (tertiary/aromatic N) is 2. The van der Waals surface area contributed by atoms with Crippen LogP contribution in [0.25, 0.3) is 0 Å². The first-order valence-electron chi connectivity index (χ1n) is 24.5. The number of rotatable bonds is 46. The molecule has 0 aromatic heterocycles. The fourth-order valence-corrected chi connectivity index (χ4v) is 8.22. The second-order valence-electron chi connectivity index (χ2n) is 17.0. The van der Waals surface area contributed by atoms with Gasteiger partial charge < -0.3 is 20.1 Å². The molecular formula is C48H96N2O6. The lowest BCUT2D eigenvalue weighted by atomic mass is 9.80. The molecule has 0 amide bonds. The lowest BCUT2D eigenvalue weighted by Gasteiger charge is -2.27. The lowest BCUT2D eigenvalue weighted by molar-refractivity contribution is -0.145. The Hall–Kier alpha value is -1.22. The van der Waals surface area contributed by atoms with Crippen LogP contribution in [-0.2, 0) is 14.3 Å². The number of unbranched alkanes of at least 4 members (excludes halogenated alkanes) is 23. The second kappa shape index (κ2) is 43.4. The van der Waals surface area contributed by atoms with Gasteiger partial charge in [-0.2, -0.15) is 0 Å². The highest BCUT2D eigenvalue weighted by Gasteiger charge is 2.27. The van der Waals surface area contributed by atoms with Gasteiger partial charge in [-0.25, -0.2) is 0 Å². The van der Waals surface area contributed by atoms with Crippen LogP contribution >= 0.6 is 0 Å². The van der Waals surface area contributed by atoms with Crippen LogP contribution in [0.2, 0.25) is 0 Å². The zero-order chi connectivity index (χ0) is 41.2. The van der Waals surface area contributed by atoms with E-state index in [0.29, 0.717) is 32.0 Å². The molecule has 8 nitrogen and oxygen atoms in total. The van der Waals surface area contributed by atoms with Crippen molar-refractivity contribution in [1.82, 2.24) is 9.80 Å². The molecule has 0 saturated heterocycles. The third-order valence-electron chi connectivity index (χ3n) is 11.9. The summed E-state index contributed by atoms with van der Waals surface area (Å²) in [5.74, 6) is -0.532. The fourth-order valence-electron chi connectivity index (χ4n) is 8.22. The normalized spacial score (nSPS) is 12.4. The van der Waals surface area contributed by atoms with E-state index in [0.717, 1.165) is 116 Å². The first-order valence-corrected chi connectivity index (χ1v) is 24.5. The van der Waals surface area contributed by atoms with E-state index in [4.69, 9.17) is 4.74 Å². The smallest absolute Gasteiger partial charge is 0.306 e. The molecule has 56 heavy (non-hydrogen) atoms. The third kappa shape index (κ3) is 35.9. The van der Waals surface area contributed by atoms with Crippen molar-refractivity contribution in [2.45, 2.75) is 226 Å². The summed E-state index contributed by atoms with van der Waals surface area (Å²) in [6, 6.07) is 0. The molecule has 0 aromatic rings.